The van der Waals surface area contributed by atoms with Crippen molar-refractivity contribution < 1.29 is 4.79 Å². The fourth-order valence-electron chi connectivity index (χ4n) is 1.85. The summed E-state index contributed by atoms with van der Waals surface area (Å²) in [7, 11) is 0. The molecule has 5 heteroatoms. The van der Waals surface area contributed by atoms with Crippen LogP contribution < -0.4 is 10.6 Å². The van der Waals surface area contributed by atoms with Crippen LogP contribution in [0, 0.1) is 0 Å². The van der Waals surface area contributed by atoms with Gasteiger partial charge in [0.25, 0.3) is 0 Å². The van der Waals surface area contributed by atoms with Crippen LogP contribution in [0.1, 0.15) is 13.8 Å². The summed E-state index contributed by atoms with van der Waals surface area (Å²) < 4.78 is 0. The van der Waals surface area contributed by atoms with Crippen molar-refractivity contribution in [3.63, 3.8) is 0 Å². The third kappa shape index (κ3) is 3.64. The van der Waals surface area contributed by atoms with Gasteiger partial charge < -0.3 is 10.6 Å². The first-order valence-corrected chi connectivity index (χ1v) is 7.21. The standard InChI is InChI=1S/C11H23N3OS/c1-11(2,10(15)13-6-9-16-3)14-7-4-12-5-8-14/h12H,4-9H2,1-3H3,(H,13,15). The SMILES string of the molecule is CSCCNC(=O)C(C)(C)N1CCNCC1. The Morgan fingerprint density at radius 1 is 1.44 bits per heavy atom. The Labute approximate surface area is 103 Å². The molecule has 0 aliphatic carbocycles. The van der Waals surface area contributed by atoms with Crippen molar-refractivity contribution in [1.82, 2.24) is 15.5 Å². The third-order valence-electron chi connectivity index (χ3n) is 3.05. The molecule has 1 aliphatic rings. The van der Waals surface area contributed by atoms with E-state index in [1.54, 1.807) is 11.8 Å². The highest BCUT2D eigenvalue weighted by atomic mass is 32.2. The lowest BCUT2D eigenvalue weighted by molar-refractivity contribution is -0.132. The average Bonchev–Trinajstić information content (AvgIpc) is 2.30. The molecule has 0 bridgehead atoms. The van der Waals surface area contributed by atoms with Gasteiger partial charge in [0.05, 0.1) is 5.54 Å². The topological polar surface area (TPSA) is 44.4 Å². The van der Waals surface area contributed by atoms with Gasteiger partial charge in [-0.15, -0.1) is 0 Å². The molecule has 0 saturated carbocycles. The van der Waals surface area contributed by atoms with Crippen LogP contribution in [0.2, 0.25) is 0 Å². The normalized spacial score (nSPS) is 18.4. The van der Waals surface area contributed by atoms with E-state index in [2.05, 4.69) is 15.5 Å². The Hall–Kier alpha value is -0.260. The Kier molecular flexibility index (Phi) is 5.58. The highest BCUT2D eigenvalue weighted by molar-refractivity contribution is 7.98. The maximum Gasteiger partial charge on any atom is 0.239 e. The quantitative estimate of drug-likeness (QED) is 0.677. The molecule has 0 aromatic heterocycles. The van der Waals surface area contributed by atoms with E-state index >= 15 is 0 Å². The van der Waals surface area contributed by atoms with Gasteiger partial charge in [0.15, 0.2) is 0 Å². The summed E-state index contributed by atoms with van der Waals surface area (Å²) in [5.74, 6) is 1.12. The Morgan fingerprint density at radius 3 is 2.62 bits per heavy atom. The molecule has 94 valence electrons. The third-order valence-corrected chi connectivity index (χ3v) is 3.67. The van der Waals surface area contributed by atoms with Gasteiger partial charge in [0, 0.05) is 38.5 Å². The molecule has 1 fully saturated rings. The molecule has 1 heterocycles. The van der Waals surface area contributed by atoms with Gasteiger partial charge in [0.1, 0.15) is 0 Å². The van der Waals surface area contributed by atoms with Gasteiger partial charge in [-0.05, 0) is 20.1 Å². The smallest absolute Gasteiger partial charge is 0.239 e. The minimum absolute atomic E-state index is 0.142. The summed E-state index contributed by atoms with van der Waals surface area (Å²) in [5.41, 5.74) is -0.388. The van der Waals surface area contributed by atoms with E-state index in [-0.39, 0.29) is 11.4 Å². The molecule has 16 heavy (non-hydrogen) atoms. The number of hydrogen-bond donors (Lipinski definition) is 2. The lowest BCUT2D eigenvalue weighted by atomic mass is 10.0. The van der Waals surface area contributed by atoms with Gasteiger partial charge >= 0.3 is 0 Å². The second kappa shape index (κ2) is 6.47. The fraction of sp³-hybridized carbons (Fsp3) is 0.909. The monoisotopic (exact) mass is 245 g/mol. The molecule has 1 rings (SSSR count). The zero-order valence-electron chi connectivity index (χ0n) is 10.5. The number of nitrogens with one attached hydrogen (secondary N) is 2. The van der Waals surface area contributed by atoms with Crippen LogP contribution in [0.4, 0.5) is 0 Å². The van der Waals surface area contributed by atoms with Crippen molar-refractivity contribution in [3.8, 4) is 0 Å². The van der Waals surface area contributed by atoms with Gasteiger partial charge in [-0.25, -0.2) is 0 Å². The summed E-state index contributed by atoms with van der Waals surface area (Å²) in [6.45, 7) is 8.62. The Bertz CT molecular complexity index is 227. The molecule has 0 aromatic carbocycles. The predicted octanol–water partition coefficient (Wildman–Crippen LogP) is 0.149. The zero-order valence-corrected chi connectivity index (χ0v) is 11.3. The number of amides is 1. The number of hydrogen-bond acceptors (Lipinski definition) is 4. The number of carbonyl (C=O) groups is 1. The lowest BCUT2D eigenvalue weighted by Gasteiger charge is -2.39. The summed E-state index contributed by atoms with van der Waals surface area (Å²) in [6, 6.07) is 0. The number of nitrogens with zero attached hydrogens (tertiary/aromatic N) is 1. The Balaban J connectivity index is 2.43. The first-order valence-electron chi connectivity index (χ1n) is 5.82. The van der Waals surface area contributed by atoms with Gasteiger partial charge in [-0.3, -0.25) is 9.69 Å². The predicted molar refractivity (Wildman–Crippen MR) is 69.9 cm³/mol. The molecule has 0 spiro atoms. The number of carbonyl (C=O) groups excluding carboxylic acids is 1. The molecule has 2 N–H and O–H groups in total. The van der Waals surface area contributed by atoms with Crippen molar-refractivity contribution in [3.05, 3.63) is 0 Å². The highest BCUT2D eigenvalue weighted by Crippen LogP contribution is 2.15. The van der Waals surface area contributed by atoms with Crippen LogP contribution >= 0.6 is 11.8 Å². The van der Waals surface area contributed by atoms with E-state index in [4.69, 9.17) is 0 Å². The van der Waals surface area contributed by atoms with Gasteiger partial charge in [0.2, 0.25) is 5.91 Å². The average molecular weight is 245 g/mol. The van der Waals surface area contributed by atoms with Crippen LogP contribution in [0.5, 0.6) is 0 Å². The zero-order chi connectivity index (χ0) is 12.0. The van der Waals surface area contributed by atoms with E-state index in [9.17, 15) is 4.79 Å². The minimum atomic E-state index is -0.388. The summed E-state index contributed by atoms with van der Waals surface area (Å²) >= 11 is 1.75. The van der Waals surface area contributed by atoms with Crippen molar-refractivity contribution in [2.24, 2.45) is 0 Å². The molecule has 0 radical (unpaired) electrons. The number of thioether (sulfide) groups is 1. The number of piperazine rings is 1. The fourth-order valence-corrected chi connectivity index (χ4v) is 2.16. The van der Waals surface area contributed by atoms with Crippen LogP contribution in [-0.2, 0) is 4.79 Å². The van der Waals surface area contributed by atoms with Crippen molar-refractivity contribution in [2.45, 2.75) is 19.4 Å². The van der Waals surface area contributed by atoms with Crippen LogP contribution in [-0.4, -0.2) is 61.1 Å². The van der Waals surface area contributed by atoms with Gasteiger partial charge in [-0.2, -0.15) is 11.8 Å². The second-order valence-electron chi connectivity index (χ2n) is 4.54. The van der Waals surface area contributed by atoms with Crippen LogP contribution in [0.25, 0.3) is 0 Å². The van der Waals surface area contributed by atoms with E-state index in [1.165, 1.54) is 0 Å². The first-order chi connectivity index (χ1) is 7.59. The molecule has 0 unspecified atom stereocenters. The van der Waals surface area contributed by atoms with Crippen molar-refractivity contribution >= 4 is 17.7 Å². The maximum atomic E-state index is 12.1. The second-order valence-corrected chi connectivity index (χ2v) is 5.53. The van der Waals surface area contributed by atoms with E-state index in [1.807, 2.05) is 20.1 Å². The molecule has 0 atom stereocenters. The van der Waals surface area contributed by atoms with E-state index in [0.717, 1.165) is 38.5 Å². The van der Waals surface area contributed by atoms with Crippen LogP contribution in [0.15, 0.2) is 0 Å². The molecule has 1 aliphatic heterocycles. The van der Waals surface area contributed by atoms with E-state index in [0.29, 0.717) is 0 Å². The molecular formula is C11H23N3OS. The van der Waals surface area contributed by atoms with E-state index < -0.39 is 0 Å². The maximum absolute atomic E-state index is 12.1. The molecule has 1 saturated heterocycles. The molecule has 0 aromatic rings. The molecular weight excluding hydrogens is 222 g/mol. The summed E-state index contributed by atoms with van der Waals surface area (Å²) in [5, 5.41) is 6.30. The van der Waals surface area contributed by atoms with Gasteiger partial charge in [-0.1, -0.05) is 0 Å². The summed E-state index contributed by atoms with van der Waals surface area (Å²) in [6.07, 6.45) is 2.05. The lowest BCUT2D eigenvalue weighted by Crippen LogP contribution is -2.60. The van der Waals surface area contributed by atoms with Crippen molar-refractivity contribution in [2.75, 3.05) is 44.7 Å². The molecule has 4 nitrogen and oxygen atoms in total. The number of rotatable bonds is 5. The summed E-state index contributed by atoms with van der Waals surface area (Å²) in [4.78, 5) is 14.3. The first kappa shape index (κ1) is 13.8. The Morgan fingerprint density at radius 2 is 2.06 bits per heavy atom. The van der Waals surface area contributed by atoms with Crippen LogP contribution in [0.3, 0.4) is 0 Å². The highest BCUT2D eigenvalue weighted by Gasteiger charge is 2.34. The molecule has 1 amide bonds. The minimum Gasteiger partial charge on any atom is -0.354 e. The van der Waals surface area contributed by atoms with Crippen molar-refractivity contribution in [1.29, 1.82) is 0 Å². The largest absolute Gasteiger partial charge is 0.354 e.